The third kappa shape index (κ3) is 3.70. The molecule has 4 nitrogen and oxygen atoms in total. The molecule has 5 aliphatic carbocycles. The summed E-state index contributed by atoms with van der Waals surface area (Å²) in [7, 11) is 0. The Kier molecular flexibility index (Phi) is 6.12. The van der Waals surface area contributed by atoms with Gasteiger partial charge in [0, 0.05) is 5.92 Å². The van der Waals surface area contributed by atoms with E-state index >= 15 is 0 Å². The molecule has 0 aliphatic heterocycles. The van der Waals surface area contributed by atoms with Crippen LogP contribution in [-0.4, -0.2) is 28.6 Å². The highest BCUT2D eigenvalue weighted by Gasteiger charge is 2.70. The van der Waals surface area contributed by atoms with E-state index in [-0.39, 0.29) is 50.6 Å². The van der Waals surface area contributed by atoms with Gasteiger partial charge >= 0.3 is 5.97 Å². The van der Waals surface area contributed by atoms with Gasteiger partial charge in [-0.15, -0.1) is 0 Å². The minimum Gasteiger partial charge on any atom is -0.481 e. The summed E-state index contributed by atoms with van der Waals surface area (Å²) in [5, 5.41) is 10.1. The highest BCUT2D eigenvalue weighted by atomic mass is 16.5. The number of hydrogen-bond acceptors (Lipinski definition) is 3. The first-order valence-corrected chi connectivity index (χ1v) is 15.4. The van der Waals surface area contributed by atoms with Crippen LogP contribution < -0.4 is 0 Å². The molecular formula is C34H54O4. The SMILES string of the molecule is CC(C)(C)O[C@@H]1CC[C@@]2(C)C(CC[C@]3(C)C2C(=O)C=C2[C@@H]4C[C@@](C)(C(=O)O)CC[C@]4(C)CC[C@]23C)C1(C)C. The molecule has 4 fully saturated rings. The highest BCUT2D eigenvalue weighted by molar-refractivity contribution is 5.95. The molecule has 0 spiro atoms. The van der Waals surface area contributed by atoms with Crippen LogP contribution in [0.4, 0.5) is 0 Å². The van der Waals surface area contributed by atoms with Crippen LogP contribution in [0.2, 0.25) is 0 Å². The summed E-state index contributed by atoms with van der Waals surface area (Å²) in [6, 6.07) is 0. The normalized spacial score (nSPS) is 50.2. The fraction of sp³-hybridized carbons (Fsp3) is 0.882. The van der Waals surface area contributed by atoms with Gasteiger partial charge in [-0.1, -0.05) is 47.1 Å². The summed E-state index contributed by atoms with van der Waals surface area (Å²) in [5.41, 5.74) is 0.286. The van der Waals surface area contributed by atoms with Crippen molar-refractivity contribution in [2.75, 3.05) is 0 Å². The number of aliphatic carboxylic acids is 1. The summed E-state index contributed by atoms with van der Waals surface area (Å²) in [6.45, 7) is 22.9. The Hall–Kier alpha value is -1.16. The first-order valence-electron chi connectivity index (χ1n) is 15.4. The maximum absolute atomic E-state index is 14.5. The number of carbonyl (C=O) groups excluding carboxylic acids is 1. The van der Waals surface area contributed by atoms with Gasteiger partial charge in [0.05, 0.1) is 17.1 Å². The molecule has 4 heteroatoms. The molecule has 0 aromatic rings. The fourth-order valence-corrected chi connectivity index (χ4v) is 11.0. The molecule has 5 rings (SSSR count). The van der Waals surface area contributed by atoms with Gasteiger partial charge in [-0.2, -0.15) is 0 Å². The number of carboxylic acid groups (broad SMARTS) is 1. The van der Waals surface area contributed by atoms with Gasteiger partial charge in [-0.3, -0.25) is 9.59 Å². The zero-order chi connectivity index (χ0) is 28.3. The van der Waals surface area contributed by atoms with E-state index in [1.807, 2.05) is 6.92 Å². The Labute approximate surface area is 231 Å². The zero-order valence-corrected chi connectivity index (χ0v) is 25.9. The van der Waals surface area contributed by atoms with Crippen LogP contribution in [0.15, 0.2) is 11.6 Å². The molecule has 0 amide bonds. The van der Waals surface area contributed by atoms with Gasteiger partial charge in [0.25, 0.3) is 0 Å². The summed E-state index contributed by atoms with van der Waals surface area (Å²) in [5.74, 6) is 0.274. The zero-order valence-electron chi connectivity index (χ0n) is 25.9. The fourth-order valence-electron chi connectivity index (χ4n) is 11.0. The average molecular weight is 527 g/mol. The maximum Gasteiger partial charge on any atom is 0.309 e. The van der Waals surface area contributed by atoms with Crippen LogP contribution in [-0.2, 0) is 14.3 Å². The number of fused-ring (bicyclic) bond motifs is 7. The molecule has 5 aliphatic rings. The molecule has 9 atom stereocenters. The van der Waals surface area contributed by atoms with Crippen molar-refractivity contribution in [1.82, 2.24) is 0 Å². The number of carbonyl (C=O) groups is 2. The number of ether oxygens (including phenoxy) is 1. The van der Waals surface area contributed by atoms with Crippen LogP contribution in [0.5, 0.6) is 0 Å². The number of rotatable bonds is 2. The van der Waals surface area contributed by atoms with Crippen molar-refractivity contribution in [2.24, 2.45) is 50.2 Å². The molecular weight excluding hydrogens is 472 g/mol. The molecule has 214 valence electrons. The third-order valence-electron chi connectivity index (χ3n) is 13.5. The van der Waals surface area contributed by atoms with Crippen LogP contribution in [0.1, 0.15) is 127 Å². The van der Waals surface area contributed by atoms with Crippen molar-refractivity contribution < 1.29 is 19.4 Å². The van der Waals surface area contributed by atoms with Crippen molar-refractivity contribution in [3.63, 3.8) is 0 Å². The monoisotopic (exact) mass is 526 g/mol. The predicted octanol–water partition coefficient (Wildman–Crippen LogP) is 8.24. The summed E-state index contributed by atoms with van der Waals surface area (Å²) < 4.78 is 6.65. The van der Waals surface area contributed by atoms with Crippen LogP contribution in [0.25, 0.3) is 0 Å². The lowest BCUT2D eigenvalue weighted by Crippen LogP contribution is -2.67. The summed E-state index contributed by atoms with van der Waals surface area (Å²) >= 11 is 0. The Morgan fingerprint density at radius 2 is 1.55 bits per heavy atom. The van der Waals surface area contributed by atoms with Crippen LogP contribution >= 0.6 is 0 Å². The van der Waals surface area contributed by atoms with Crippen molar-refractivity contribution in [1.29, 1.82) is 0 Å². The lowest BCUT2D eigenvalue weighted by molar-refractivity contribution is -0.223. The van der Waals surface area contributed by atoms with Crippen molar-refractivity contribution in [3.05, 3.63) is 11.6 Å². The molecule has 0 saturated heterocycles. The Morgan fingerprint density at radius 3 is 2.16 bits per heavy atom. The number of ketones is 1. The van der Waals surface area contributed by atoms with Gasteiger partial charge in [0.1, 0.15) is 0 Å². The molecule has 38 heavy (non-hydrogen) atoms. The quantitative estimate of drug-likeness (QED) is 0.393. The van der Waals surface area contributed by atoms with E-state index in [9.17, 15) is 14.7 Å². The van der Waals surface area contributed by atoms with E-state index in [1.165, 1.54) is 5.57 Å². The minimum atomic E-state index is -0.705. The lowest BCUT2D eigenvalue weighted by atomic mass is 9.33. The summed E-state index contributed by atoms with van der Waals surface area (Å²) in [6.07, 6.45) is 11.1. The first kappa shape index (κ1) is 28.4. The van der Waals surface area contributed by atoms with Crippen molar-refractivity contribution in [2.45, 2.75) is 139 Å². The molecule has 0 bridgehead atoms. The first-order chi connectivity index (χ1) is 17.2. The number of hydrogen-bond donors (Lipinski definition) is 1. The van der Waals surface area contributed by atoms with Crippen molar-refractivity contribution in [3.8, 4) is 0 Å². The second kappa shape index (κ2) is 8.20. The molecule has 0 heterocycles. The van der Waals surface area contributed by atoms with E-state index in [4.69, 9.17) is 4.74 Å². The summed E-state index contributed by atoms with van der Waals surface area (Å²) in [4.78, 5) is 26.8. The van der Waals surface area contributed by atoms with E-state index in [1.54, 1.807) is 0 Å². The van der Waals surface area contributed by atoms with Gasteiger partial charge in [0.15, 0.2) is 5.78 Å². The smallest absolute Gasteiger partial charge is 0.309 e. The molecule has 2 unspecified atom stereocenters. The van der Waals surface area contributed by atoms with Gasteiger partial charge in [-0.05, 0) is 130 Å². The second-order valence-electron chi connectivity index (χ2n) is 17.1. The average Bonchev–Trinajstić information content (AvgIpc) is 2.77. The molecule has 0 radical (unpaired) electrons. The lowest BCUT2D eigenvalue weighted by Gasteiger charge is -2.70. The van der Waals surface area contributed by atoms with E-state index in [0.29, 0.717) is 18.1 Å². The third-order valence-corrected chi connectivity index (χ3v) is 13.5. The van der Waals surface area contributed by atoms with E-state index < -0.39 is 11.4 Å². The molecule has 1 N–H and O–H groups in total. The van der Waals surface area contributed by atoms with Crippen LogP contribution in [0.3, 0.4) is 0 Å². The topological polar surface area (TPSA) is 63.6 Å². The maximum atomic E-state index is 14.5. The Bertz CT molecular complexity index is 1060. The minimum absolute atomic E-state index is 0.00456. The molecule has 0 aromatic carbocycles. The largest absolute Gasteiger partial charge is 0.481 e. The van der Waals surface area contributed by atoms with Gasteiger partial charge < -0.3 is 9.84 Å². The van der Waals surface area contributed by atoms with Crippen molar-refractivity contribution >= 4 is 11.8 Å². The Balaban J connectivity index is 1.56. The van der Waals surface area contributed by atoms with Gasteiger partial charge in [0.2, 0.25) is 0 Å². The van der Waals surface area contributed by atoms with E-state index in [2.05, 4.69) is 68.4 Å². The highest BCUT2D eigenvalue weighted by Crippen LogP contribution is 2.75. The standard InChI is InChI=1S/C34H54O4/c1-28(2,3)38-25-12-13-32(8)24(29(25,4)5)11-14-34(10)26(32)23(35)19-21-22-20-31(7,27(36)37)16-15-30(22,6)17-18-33(21,34)9/h19,22,24-26H,11-18,20H2,1-10H3,(H,36,37)/t22-,24?,25+,26?,30+,31-,32-,33+,34+/m0/s1. The molecule has 4 saturated carbocycles. The predicted molar refractivity (Wildman–Crippen MR) is 152 cm³/mol. The molecule has 0 aromatic heterocycles. The Morgan fingerprint density at radius 1 is 0.921 bits per heavy atom. The second-order valence-corrected chi connectivity index (χ2v) is 17.1. The van der Waals surface area contributed by atoms with Gasteiger partial charge in [-0.25, -0.2) is 0 Å². The number of allylic oxidation sites excluding steroid dienone is 2. The van der Waals surface area contributed by atoms with E-state index in [0.717, 1.165) is 51.4 Å². The number of carboxylic acids is 1. The van der Waals surface area contributed by atoms with Crippen LogP contribution in [0, 0.1) is 50.2 Å².